The molecule has 32 heavy (non-hydrogen) atoms. The molecule has 0 bridgehead atoms. The van der Waals surface area contributed by atoms with Crippen LogP contribution in [0.4, 0.5) is 5.95 Å². The first-order chi connectivity index (χ1) is 15.5. The molecule has 3 N–H and O–H groups in total. The summed E-state index contributed by atoms with van der Waals surface area (Å²) in [6.07, 6.45) is 1.58. The number of halogens is 2. The molecule has 8 nitrogen and oxygen atoms in total. The number of ether oxygens (including phenoxy) is 1. The van der Waals surface area contributed by atoms with E-state index in [9.17, 15) is 4.79 Å². The van der Waals surface area contributed by atoms with Crippen LogP contribution in [0.15, 0.2) is 53.5 Å². The molecule has 0 atom stereocenters. The lowest BCUT2D eigenvalue weighted by Gasteiger charge is -2.12. The van der Waals surface area contributed by atoms with Crippen LogP contribution in [0, 0.1) is 0 Å². The lowest BCUT2D eigenvalue weighted by Crippen LogP contribution is -2.27. The number of fused-ring (bicyclic) bond motifs is 1. The first-order valence-electron chi connectivity index (χ1n) is 9.80. The van der Waals surface area contributed by atoms with Crippen LogP contribution in [0.2, 0.25) is 10.0 Å². The van der Waals surface area contributed by atoms with Crippen LogP contribution >= 0.6 is 23.2 Å². The van der Waals surface area contributed by atoms with Gasteiger partial charge in [0.1, 0.15) is 17.0 Å². The third-order valence-electron chi connectivity index (χ3n) is 4.84. The van der Waals surface area contributed by atoms with Gasteiger partial charge in [0.15, 0.2) is 5.65 Å². The van der Waals surface area contributed by atoms with Gasteiger partial charge in [0.2, 0.25) is 5.95 Å². The molecule has 0 amide bonds. The van der Waals surface area contributed by atoms with Crippen molar-refractivity contribution in [1.82, 2.24) is 19.5 Å². The molecule has 0 radical (unpaired) electrons. The van der Waals surface area contributed by atoms with E-state index in [4.69, 9.17) is 33.7 Å². The van der Waals surface area contributed by atoms with E-state index in [-0.39, 0.29) is 12.1 Å². The maximum Gasteiger partial charge on any atom is 0.278 e. The van der Waals surface area contributed by atoms with Crippen molar-refractivity contribution in [2.24, 2.45) is 5.73 Å². The number of methoxy groups -OCH3 is 1. The molecule has 0 aliphatic rings. The predicted octanol–water partition coefficient (Wildman–Crippen LogP) is 3.74. The van der Waals surface area contributed by atoms with Gasteiger partial charge in [-0.2, -0.15) is 4.98 Å². The number of rotatable bonds is 7. The summed E-state index contributed by atoms with van der Waals surface area (Å²) in [6, 6.07) is 12.5. The maximum absolute atomic E-state index is 13.2. The molecule has 2 aromatic heterocycles. The van der Waals surface area contributed by atoms with E-state index in [1.54, 1.807) is 49.7 Å². The van der Waals surface area contributed by atoms with Crippen LogP contribution in [0.25, 0.3) is 22.4 Å². The first kappa shape index (κ1) is 22.0. The Kier molecular flexibility index (Phi) is 6.55. The summed E-state index contributed by atoms with van der Waals surface area (Å²) in [5.74, 6) is 1.05. The highest BCUT2D eigenvalue weighted by molar-refractivity contribution is 6.42. The van der Waals surface area contributed by atoms with Gasteiger partial charge >= 0.3 is 0 Å². The molecular weight excluding hydrogens is 451 g/mol. The van der Waals surface area contributed by atoms with Crippen molar-refractivity contribution in [2.75, 3.05) is 19.0 Å². The molecule has 0 fully saturated rings. The average Bonchev–Trinajstić information content (AvgIpc) is 2.81. The number of benzene rings is 2. The maximum atomic E-state index is 13.2. The molecule has 10 heteroatoms. The molecule has 2 aromatic carbocycles. The van der Waals surface area contributed by atoms with Crippen LogP contribution in [0.3, 0.4) is 0 Å². The number of aromatic nitrogens is 4. The fraction of sp³-hybridized carbons (Fsp3) is 0.182. The van der Waals surface area contributed by atoms with Gasteiger partial charge < -0.3 is 15.8 Å². The number of anilines is 1. The van der Waals surface area contributed by atoms with E-state index >= 15 is 0 Å². The monoisotopic (exact) mass is 470 g/mol. The molecule has 0 aliphatic carbocycles. The third-order valence-corrected chi connectivity index (χ3v) is 5.58. The van der Waals surface area contributed by atoms with Crippen molar-refractivity contribution >= 4 is 40.3 Å². The topological polar surface area (TPSA) is 108 Å². The standard InChI is InChI=1S/C22H20Cl2N6O2/c1-32-15-5-3-14(4-6-15)19-21(31)30(9-8-25)20-18(28-19)12-27-22(29-20)26-11-13-2-7-16(23)17(24)10-13/h2-7,10,12H,8-9,11,25H2,1H3,(H,26,27,29). The Morgan fingerprint density at radius 2 is 1.88 bits per heavy atom. The Balaban J connectivity index is 1.70. The number of hydrogen-bond donors (Lipinski definition) is 2. The largest absolute Gasteiger partial charge is 0.497 e. The molecule has 0 saturated carbocycles. The summed E-state index contributed by atoms with van der Waals surface area (Å²) >= 11 is 12.0. The minimum atomic E-state index is -0.276. The smallest absolute Gasteiger partial charge is 0.278 e. The van der Waals surface area contributed by atoms with E-state index in [0.717, 1.165) is 5.56 Å². The van der Waals surface area contributed by atoms with Crippen molar-refractivity contribution in [3.05, 3.63) is 74.6 Å². The molecule has 164 valence electrons. The van der Waals surface area contributed by atoms with Crippen molar-refractivity contribution in [2.45, 2.75) is 13.1 Å². The molecule has 0 spiro atoms. The third kappa shape index (κ3) is 4.52. The van der Waals surface area contributed by atoms with Gasteiger partial charge in [-0.15, -0.1) is 0 Å². The Bertz CT molecular complexity index is 1320. The van der Waals surface area contributed by atoms with Crippen molar-refractivity contribution in [3.8, 4) is 17.0 Å². The predicted molar refractivity (Wildman–Crippen MR) is 126 cm³/mol. The van der Waals surface area contributed by atoms with E-state index in [1.165, 1.54) is 4.57 Å². The summed E-state index contributed by atoms with van der Waals surface area (Å²) < 4.78 is 6.71. The van der Waals surface area contributed by atoms with Gasteiger partial charge in [0.25, 0.3) is 5.56 Å². The van der Waals surface area contributed by atoms with Crippen LogP contribution < -0.4 is 21.3 Å². The second-order valence-electron chi connectivity index (χ2n) is 6.94. The number of nitrogens with zero attached hydrogens (tertiary/aromatic N) is 4. The normalized spacial score (nSPS) is 11.0. The summed E-state index contributed by atoms with van der Waals surface area (Å²) in [6.45, 7) is 1.00. The zero-order valence-electron chi connectivity index (χ0n) is 17.2. The van der Waals surface area contributed by atoms with Gasteiger partial charge in [-0.05, 0) is 42.0 Å². The Morgan fingerprint density at radius 3 is 2.56 bits per heavy atom. The van der Waals surface area contributed by atoms with E-state index in [2.05, 4.69) is 20.3 Å². The molecule has 0 saturated heterocycles. The highest BCUT2D eigenvalue weighted by Gasteiger charge is 2.15. The Hall–Kier alpha value is -3.20. The molecule has 2 heterocycles. The van der Waals surface area contributed by atoms with Gasteiger partial charge in [-0.3, -0.25) is 9.36 Å². The lowest BCUT2D eigenvalue weighted by molar-refractivity contribution is 0.415. The van der Waals surface area contributed by atoms with Crippen molar-refractivity contribution < 1.29 is 4.74 Å². The molecule has 0 aliphatic heterocycles. The van der Waals surface area contributed by atoms with E-state index in [1.807, 2.05) is 6.07 Å². The SMILES string of the molecule is COc1ccc(-c2nc3cnc(NCc4ccc(Cl)c(Cl)c4)nc3n(CCN)c2=O)cc1. The van der Waals surface area contributed by atoms with Crippen molar-refractivity contribution in [1.29, 1.82) is 0 Å². The van der Waals surface area contributed by atoms with E-state index in [0.29, 0.717) is 57.3 Å². The number of hydrogen-bond acceptors (Lipinski definition) is 7. The Morgan fingerprint density at radius 1 is 1.09 bits per heavy atom. The van der Waals surface area contributed by atoms with Crippen LogP contribution in [-0.2, 0) is 13.1 Å². The summed E-state index contributed by atoms with van der Waals surface area (Å²) in [5, 5.41) is 4.09. The minimum Gasteiger partial charge on any atom is -0.497 e. The van der Waals surface area contributed by atoms with Crippen molar-refractivity contribution in [3.63, 3.8) is 0 Å². The highest BCUT2D eigenvalue weighted by atomic mass is 35.5. The quantitative estimate of drug-likeness (QED) is 0.423. The fourth-order valence-corrected chi connectivity index (χ4v) is 3.55. The average molecular weight is 471 g/mol. The second kappa shape index (κ2) is 9.52. The van der Waals surface area contributed by atoms with E-state index < -0.39 is 0 Å². The molecule has 4 rings (SSSR count). The minimum absolute atomic E-state index is 0.275. The molecule has 4 aromatic rings. The summed E-state index contributed by atoms with van der Waals surface area (Å²) in [4.78, 5) is 26.6. The zero-order chi connectivity index (χ0) is 22.7. The molecule has 0 unspecified atom stereocenters. The van der Waals surface area contributed by atoms with Crippen LogP contribution in [0.5, 0.6) is 5.75 Å². The number of nitrogens with one attached hydrogen (secondary N) is 1. The van der Waals surface area contributed by atoms with Gasteiger partial charge in [-0.1, -0.05) is 29.3 Å². The van der Waals surface area contributed by atoms with Crippen LogP contribution in [-0.4, -0.2) is 33.2 Å². The zero-order valence-corrected chi connectivity index (χ0v) is 18.7. The highest BCUT2D eigenvalue weighted by Crippen LogP contribution is 2.23. The summed E-state index contributed by atoms with van der Waals surface area (Å²) in [5.41, 5.74) is 8.27. The summed E-state index contributed by atoms with van der Waals surface area (Å²) in [7, 11) is 1.59. The molecular formula is C22H20Cl2N6O2. The number of nitrogens with two attached hydrogens (primary N) is 1. The lowest BCUT2D eigenvalue weighted by atomic mass is 10.1. The van der Waals surface area contributed by atoms with Crippen LogP contribution in [0.1, 0.15) is 5.56 Å². The van der Waals surface area contributed by atoms with Gasteiger partial charge in [-0.25, -0.2) is 9.97 Å². The van der Waals surface area contributed by atoms with Gasteiger partial charge in [0, 0.05) is 25.2 Å². The second-order valence-corrected chi connectivity index (χ2v) is 7.75. The fourth-order valence-electron chi connectivity index (χ4n) is 3.23. The first-order valence-corrected chi connectivity index (χ1v) is 10.6. The Labute approximate surface area is 194 Å². The van der Waals surface area contributed by atoms with Gasteiger partial charge in [0.05, 0.1) is 23.4 Å².